The van der Waals surface area contributed by atoms with Crippen molar-refractivity contribution in [2.75, 3.05) is 0 Å². The molecule has 1 nitrogen and oxygen atoms in total. The van der Waals surface area contributed by atoms with Crippen molar-refractivity contribution in [1.82, 2.24) is 0 Å². The monoisotopic (exact) mass is 313 g/mol. The molecule has 18 heavy (non-hydrogen) atoms. The van der Waals surface area contributed by atoms with Gasteiger partial charge in [-0.05, 0) is 48.8 Å². The molecule has 0 spiro atoms. The van der Waals surface area contributed by atoms with E-state index in [9.17, 15) is 4.39 Å². The maximum absolute atomic E-state index is 13.9. The number of nitrogens with two attached hydrogens (primary N) is 1. The van der Waals surface area contributed by atoms with Crippen LogP contribution in [0, 0.1) is 11.2 Å². The minimum Gasteiger partial charge on any atom is -0.325 e. The zero-order valence-electron chi connectivity index (χ0n) is 11.1. The SMILES string of the molecule is CC1(C)CCCC(N)(Cc2ccc(Br)cc2F)C1. The largest absolute Gasteiger partial charge is 0.325 e. The molecule has 0 saturated heterocycles. The van der Waals surface area contributed by atoms with Gasteiger partial charge in [-0.2, -0.15) is 0 Å². The standard InChI is InChI=1S/C15H21BrFN/c1-14(2)6-3-7-15(18,10-14)9-11-4-5-12(16)8-13(11)17/h4-5,8H,3,6-7,9-10,18H2,1-2H3. The molecule has 2 N–H and O–H groups in total. The Bertz CT molecular complexity index is 444. The maximum Gasteiger partial charge on any atom is 0.127 e. The van der Waals surface area contributed by atoms with Crippen molar-refractivity contribution < 1.29 is 4.39 Å². The molecule has 0 radical (unpaired) electrons. The molecular weight excluding hydrogens is 293 g/mol. The van der Waals surface area contributed by atoms with Gasteiger partial charge in [0.05, 0.1) is 0 Å². The molecule has 0 amide bonds. The van der Waals surface area contributed by atoms with Gasteiger partial charge >= 0.3 is 0 Å². The number of halogens is 2. The smallest absolute Gasteiger partial charge is 0.127 e. The molecule has 1 aliphatic rings. The van der Waals surface area contributed by atoms with Crippen LogP contribution in [0.25, 0.3) is 0 Å². The highest BCUT2D eigenvalue weighted by atomic mass is 79.9. The Morgan fingerprint density at radius 3 is 2.67 bits per heavy atom. The van der Waals surface area contributed by atoms with Crippen molar-refractivity contribution in [3.05, 3.63) is 34.1 Å². The Morgan fingerprint density at radius 1 is 1.33 bits per heavy atom. The molecule has 0 bridgehead atoms. The van der Waals surface area contributed by atoms with Crippen molar-refractivity contribution in [2.45, 2.75) is 51.5 Å². The minimum atomic E-state index is -0.254. The predicted molar refractivity (Wildman–Crippen MR) is 77.0 cm³/mol. The van der Waals surface area contributed by atoms with E-state index < -0.39 is 0 Å². The van der Waals surface area contributed by atoms with Crippen LogP contribution in [-0.2, 0) is 6.42 Å². The van der Waals surface area contributed by atoms with Crippen molar-refractivity contribution in [2.24, 2.45) is 11.1 Å². The summed E-state index contributed by atoms with van der Waals surface area (Å²) in [6.07, 6.45) is 4.95. The normalized spacial score (nSPS) is 27.2. The average molecular weight is 314 g/mol. The molecular formula is C15H21BrFN. The summed E-state index contributed by atoms with van der Waals surface area (Å²) in [5.41, 5.74) is 7.25. The van der Waals surface area contributed by atoms with Gasteiger partial charge in [-0.15, -0.1) is 0 Å². The van der Waals surface area contributed by atoms with Gasteiger partial charge in [-0.1, -0.05) is 42.3 Å². The number of hydrogen-bond donors (Lipinski definition) is 1. The minimum absolute atomic E-state index is 0.155. The molecule has 1 aromatic carbocycles. The molecule has 2 rings (SSSR count). The van der Waals surface area contributed by atoms with Crippen molar-refractivity contribution in [1.29, 1.82) is 0 Å². The van der Waals surface area contributed by atoms with E-state index >= 15 is 0 Å². The van der Waals surface area contributed by atoms with Gasteiger partial charge in [-0.25, -0.2) is 4.39 Å². The van der Waals surface area contributed by atoms with Gasteiger partial charge in [0.1, 0.15) is 5.82 Å². The van der Waals surface area contributed by atoms with Gasteiger partial charge in [-0.3, -0.25) is 0 Å². The molecule has 0 heterocycles. The summed E-state index contributed by atoms with van der Waals surface area (Å²) in [4.78, 5) is 0. The highest BCUT2D eigenvalue weighted by Gasteiger charge is 2.37. The Balaban J connectivity index is 2.17. The van der Waals surface area contributed by atoms with Crippen LogP contribution in [0.5, 0.6) is 0 Å². The fourth-order valence-corrected chi connectivity index (χ4v) is 3.58. The van der Waals surface area contributed by atoms with Gasteiger partial charge in [0.15, 0.2) is 0 Å². The first kappa shape index (κ1) is 14.0. The summed E-state index contributed by atoms with van der Waals surface area (Å²) in [7, 11) is 0. The second-order valence-corrected chi connectivity index (χ2v) is 7.39. The van der Waals surface area contributed by atoms with Crippen LogP contribution in [0.1, 0.15) is 45.1 Å². The average Bonchev–Trinajstić information content (AvgIpc) is 2.20. The first-order valence-electron chi connectivity index (χ1n) is 6.53. The first-order valence-corrected chi connectivity index (χ1v) is 7.32. The first-order chi connectivity index (χ1) is 8.30. The van der Waals surface area contributed by atoms with Crippen LogP contribution in [0.2, 0.25) is 0 Å². The van der Waals surface area contributed by atoms with E-state index in [1.54, 1.807) is 0 Å². The highest BCUT2D eigenvalue weighted by Crippen LogP contribution is 2.41. The molecule has 1 atom stereocenters. The fourth-order valence-electron chi connectivity index (χ4n) is 3.24. The van der Waals surface area contributed by atoms with Crippen LogP contribution in [0.4, 0.5) is 4.39 Å². The summed E-state index contributed by atoms with van der Waals surface area (Å²) < 4.78 is 14.7. The Hall–Kier alpha value is -0.410. The van der Waals surface area contributed by atoms with E-state index in [2.05, 4.69) is 29.8 Å². The topological polar surface area (TPSA) is 26.0 Å². The third-order valence-electron chi connectivity index (χ3n) is 3.92. The van der Waals surface area contributed by atoms with Gasteiger partial charge < -0.3 is 5.73 Å². The van der Waals surface area contributed by atoms with Gasteiger partial charge in [0.25, 0.3) is 0 Å². The summed E-state index contributed by atoms with van der Waals surface area (Å²) >= 11 is 3.28. The second-order valence-electron chi connectivity index (χ2n) is 6.47. The molecule has 1 aromatic rings. The molecule has 0 aromatic heterocycles. The molecule has 1 aliphatic carbocycles. The number of hydrogen-bond acceptors (Lipinski definition) is 1. The molecule has 3 heteroatoms. The lowest BCUT2D eigenvalue weighted by atomic mass is 9.66. The van der Waals surface area contributed by atoms with E-state index in [0.29, 0.717) is 6.42 Å². The zero-order chi connectivity index (χ0) is 13.4. The lowest BCUT2D eigenvalue weighted by molar-refractivity contribution is 0.150. The zero-order valence-corrected chi connectivity index (χ0v) is 12.7. The molecule has 100 valence electrons. The second kappa shape index (κ2) is 4.93. The summed E-state index contributed by atoms with van der Waals surface area (Å²) in [5, 5.41) is 0. The van der Waals surface area contributed by atoms with Crippen LogP contribution in [0.15, 0.2) is 22.7 Å². The highest BCUT2D eigenvalue weighted by molar-refractivity contribution is 9.10. The van der Waals surface area contributed by atoms with Crippen LogP contribution in [-0.4, -0.2) is 5.54 Å². The quantitative estimate of drug-likeness (QED) is 0.859. The Morgan fingerprint density at radius 2 is 2.06 bits per heavy atom. The van der Waals surface area contributed by atoms with E-state index in [1.165, 1.54) is 12.5 Å². The molecule has 1 saturated carbocycles. The molecule has 0 aliphatic heterocycles. The summed E-state index contributed by atoms with van der Waals surface area (Å²) in [5.74, 6) is -0.155. The van der Waals surface area contributed by atoms with Crippen molar-refractivity contribution in [3.63, 3.8) is 0 Å². The maximum atomic E-state index is 13.9. The van der Waals surface area contributed by atoms with E-state index in [0.717, 1.165) is 29.3 Å². The number of benzene rings is 1. The van der Waals surface area contributed by atoms with Gasteiger partial charge in [0.2, 0.25) is 0 Å². The third kappa shape index (κ3) is 3.33. The van der Waals surface area contributed by atoms with Gasteiger partial charge in [0, 0.05) is 10.0 Å². The van der Waals surface area contributed by atoms with Crippen molar-refractivity contribution >= 4 is 15.9 Å². The van der Waals surface area contributed by atoms with E-state index in [-0.39, 0.29) is 16.8 Å². The Kier molecular flexibility index (Phi) is 3.84. The van der Waals surface area contributed by atoms with E-state index in [4.69, 9.17) is 5.73 Å². The van der Waals surface area contributed by atoms with Crippen LogP contribution < -0.4 is 5.73 Å². The van der Waals surface area contributed by atoms with Crippen LogP contribution >= 0.6 is 15.9 Å². The fraction of sp³-hybridized carbons (Fsp3) is 0.600. The third-order valence-corrected chi connectivity index (χ3v) is 4.41. The van der Waals surface area contributed by atoms with Crippen LogP contribution in [0.3, 0.4) is 0 Å². The lowest BCUT2D eigenvalue weighted by Gasteiger charge is -2.42. The Labute approximate surface area is 117 Å². The summed E-state index contributed by atoms with van der Waals surface area (Å²) in [6.45, 7) is 4.51. The van der Waals surface area contributed by atoms with Crippen molar-refractivity contribution in [3.8, 4) is 0 Å². The molecule has 1 unspecified atom stereocenters. The summed E-state index contributed by atoms with van der Waals surface area (Å²) in [6, 6.07) is 5.25. The van der Waals surface area contributed by atoms with E-state index in [1.807, 2.05) is 12.1 Å². The predicted octanol–water partition coefficient (Wildman–Crippen LogP) is 4.43. The number of rotatable bonds is 2. The molecule has 1 fully saturated rings. The lowest BCUT2D eigenvalue weighted by Crippen LogP contribution is -2.48.